The molecule has 0 spiro atoms. The van der Waals surface area contributed by atoms with Crippen molar-refractivity contribution in [3.63, 3.8) is 0 Å². The zero-order valence-corrected chi connectivity index (χ0v) is 10.9. The summed E-state index contributed by atoms with van der Waals surface area (Å²) < 4.78 is 0. The van der Waals surface area contributed by atoms with Crippen molar-refractivity contribution in [2.75, 3.05) is 6.54 Å². The standard InChI is InChI=1S/C13H17N3O3/c1-13(2,12(14)19)16-10(17)8-15-11(18)9-6-4-3-5-7-9/h3-7H,8H2,1-2H3,(H2,14,19)(H,15,18)(H,16,17). The Hall–Kier alpha value is -2.37. The van der Waals surface area contributed by atoms with Crippen molar-refractivity contribution in [1.29, 1.82) is 0 Å². The van der Waals surface area contributed by atoms with E-state index in [-0.39, 0.29) is 12.5 Å². The SMILES string of the molecule is CC(C)(NC(=O)CNC(=O)c1ccccc1)C(N)=O. The Kier molecular flexibility index (Phi) is 4.63. The molecule has 0 aliphatic heterocycles. The third-order valence-corrected chi connectivity index (χ3v) is 2.51. The lowest BCUT2D eigenvalue weighted by Crippen LogP contribution is -2.55. The summed E-state index contributed by atoms with van der Waals surface area (Å²) in [5.41, 5.74) is 4.44. The maximum absolute atomic E-state index is 11.7. The molecule has 0 bridgehead atoms. The molecule has 0 atom stereocenters. The van der Waals surface area contributed by atoms with E-state index in [1.54, 1.807) is 30.3 Å². The average molecular weight is 263 g/mol. The molecular formula is C13H17N3O3. The van der Waals surface area contributed by atoms with Gasteiger partial charge in [-0.05, 0) is 26.0 Å². The molecule has 1 aromatic carbocycles. The first-order chi connectivity index (χ1) is 8.83. The molecule has 0 saturated heterocycles. The second kappa shape index (κ2) is 5.99. The van der Waals surface area contributed by atoms with Crippen LogP contribution in [0.5, 0.6) is 0 Å². The number of hydrogen-bond acceptors (Lipinski definition) is 3. The van der Waals surface area contributed by atoms with Crippen LogP contribution in [0.1, 0.15) is 24.2 Å². The van der Waals surface area contributed by atoms with Gasteiger partial charge in [0.1, 0.15) is 5.54 Å². The summed E-state index contributed by atoms with van der Waals surface area (Å²) in [6.45, 7) is 2.77. The Morgan fingerprint density at radius 1 is 1.16 bits per heavy atom. The molecule has 0 radical (unpaired) electrons. The Morgan fingerprint density at radius 3 is 2.26 bits per heavy atom. The second-order valence-corrected chi connectivity index (χ2v) is 4.59. The molecular weight excluding hydrogens is 246 g/mol. The van der Waals surface area contributed by atoms with E-state index in [0.717, 1.165) is 0 Å². The Labute approximate surface area is 111 Å². The van der Waals surface area contributed by atoms with Crippen LogP contribution >= 0.6 is 0 Å². The molecule has 4 N–H and O–H groups in total. The third-order valence-electron chi connectivity index (χ3n) is 2.51. The van der Waals surface area contributed by atoms with E-state index in [1.807, 2.05) is 0 Å². The fourth-order valence-corrected chi connectivity index (χ4v) is 1.31. The summed E-state index contributed by atoms with van der Waals surface area (Å²) in [7, 11) is 0. The normalized spacial score (nSPS) is 10.6. The summed E-state index contributed by atoms with van der Waals surface area (Å²) in [6.07, 6.45) is 0. The molecule has 0 aliphatic rings. The maximum atomic E-state index is 11.7. The van der Waals surface area contributed by atoms with Gasteiger partial charge in [0.05, 0.1) is 6.54 Å². The first-order valence-corrected chi connectivity index (χ1v) is 5.77. The van der Waals surface area contributed by atoms with E-state index < -0.39 is 17.4 Å². The molecule has 102 valence electrons. The molecule has 0 heterocycles. The molecule has 1 aromatic rings. The van der Waals surface area contributed by atoms with Gasteiger partial charge in [-0.2, -0.15) is 0 Å². The lowest BCUT2D eigenvalue weighted by atomic mass is 10.1. The van der Waals surface area contributed by atoms with Gasteiger partial charge >= 0.3 is 0 Å². The molecule has 3 amide bonds. The first-order valence-electron chi connectivity index (χ1n) is 5.77. The van der Waals surface area contributed by atoms with Gasteiger partial charge in [-0.1, -0.05) is 18.2 Å². The van der Waals surface area contributed by atoms with Crippen molar-refractivity contribution in [2.24, 2.45) is 5.73 Å². The maximum Gasteiger partial charge on any atom is 0.251 e. The highest BCUT2D eigenvalue weighted by molar-refractivity contribution is 5.97. The van der Waals surface area contributed by atoms with Crippen LogP contribution in [0.25, 0.3) is 0 Å². The Morgan fingerprint density at radius 2 is 1.74 bits per heavy atom. The summed E-state index contributed by atoms with van der Waals surface area (Å²) in [5, 5.41) is 4.89. The van der Waals surface area contributed by atoms with Crippen LogP contribution < -0.4 is 16.4 Å². The Balaban J connectivity index is 2.48. The van der Waals surface area contributed by atoms with Gasteiger partial charge < -0.3 is 16.4 Å². The molecule has 0 fully saturated rings. The van der Waals surface area contributed by atoms with Gasteiger partial charge in [0.2, 0.25) is 11.8 Å². The minimum Gasteiger partial charge on any atom is -0.368 e. The molecule has 0 aliphatic carbocycles. The first kappa shape index (κ1) is 14.7. The zero-order chi connectivity index (χ0) is 14.5. The fraction of sp³-hybridized carbons (Fsp3) is 0.308. The quantitative estimate of drug-likeness (QED) is 0.685. The van der Waals surface area contributed by atoms with Crippen LogP contribution in [0.2, 0.25) is 0 Å². The number of rotatable bonds is 5. The predicted octanol–water partition coefficient (Wildman–Crippen LogP) is -0.203. The highest BCUT2D eigenvalue weighted by Crippen LogP contribution is 2.00. The smallest absolute Gasteiger partial charge is 0.251 e. The summed E-state index contributed by atoms with van der Waals surface area (Å²) in [6, 6.07) is 8.52. The van der Waals surface area contributed by atoms with Crippen LogP contribution in [-0.2, 0) is 9.59 Å². The van der Waals surface area contributed by atoms with Crippen LogP contribution in [0, 0.1) is 0 Å². The molecule has 0 saturated carbocycles. The van der Waals surface area contributed by atoms with Gasteiger partial charge in [-0.25, -0.2) is 0 Å². The lowest BCUT2D eigenvalue weighted by molar-refractivity contribution is -0.129. The minimum atomic E-state index is -1.14. The number of hydrogen-bond donors (Lipinski definition) is 3. The van der Waals surface area contributed by atoms with Crippen molar-refractivity contribution in [3.8, 4) is 0 Å². The van der Waals surface area contributed by atoms with Gasteiger partial charge in [0.25, 0.3) is 5.91 Å². The number of nitrogens with two attached hydrogens (primary N) is 1. The second-order valence-electron chi connectivity index (χ2n) is 4.59. The zero-order valence-electron chi connectivity index (χ0n) is 10.9. The summed E-state index contributed by atoms with van der Waals surface area (Å²) in [4.78, 5) is 34.3. The van der Waals surface area contributed by atoms with Crippen LogP contribution in [0.4, 0.5) is 0 Å². The van der Waals surface area contributed by atoms with Gasteiger partial charge in [0, 0.05) is 5.56 Å². The van der Waals surface area contributed by atoms with E-state index in [1.165, 1.54) is 13.8 Å². The number of amides is 3. The van der Waals surface area contributed by atoms with Crippen molar-refractivity contribution < 1.29 is 14.4 Å². The number of carbonyl (C=O) groups is 3. The number of benzene rings is 1. The van der Waals surface area contributed by atoms with Crippen molar-refractivity contribution in [3.05, 3.63) is 35.9 Å². The number of nitrogens with one attached hydrogen (secondary N) is 2. The van der Waals surface area contributed by atoms with Crippen molar-refractivity contribution in [2.45, 2.75) is 19.4 Å². The lowest BCUT2D eigenvalue weighted by Gasteiger charge is -2.22. The molecule has 19 heavy (non-hydrogen) atoms. The van der Waals surface area contributed by atoms with E-state index >= 15 is 0 Å². The third kappa shape index (κ3) is 4.42. The summed E-state index contributed by atoms with van der Waals surface area (Å²) >= 11 is 0. The van der Waals surface area contributed by atoms with E-state index in [9.17, 15) is 14.4 Å². The van der Waals surface area contributed by atoms with E-state index in [2.05, 4.69) is 10.6 Å². The van der Waals surface area contributed by atoms with Gasteiger partial charge in [-0.3, -0.25) is 14.4 Å². The topological polar surface area (TPSA) is 101 Å². The predicted molar refractivity (Wildman–Crippen MR) is 70.2 cm³/mol. The fourth-order valence-electron chi connectivity index (χ4n) is 1.31. The molecule has 6 nitrogen and oxygen atoms in total. The monoisotopic (exact) mass is 263 g/mol. The molecule has 0 unspecified atom stereocenters. The number of primary amides is 1. The highest BCUT2D eigenvalue weighted by atomic mass is 16.2. The van der Waals surface area contributed by atoms with Gasteiger partial charge in [0.15, 0.2) is 0 Å². The number of carbonyl (C=O) groups excluding carboxylic acids is 3. The van der Waals surface area contributed by atoms with Crippen molar-refractivity contribution in [1.82, 2.24) is 10.6 Å². The van der Waals surface area contributed by atoms with Gasteiger partial charge in [-0.15, -0.1) is 0 Å². The molecule has 0 aromatic heterocycles. The summed E-state index contributed by atoms with van der Waals surface area (Å²) in [5.74, 6) is -1.48. The highest BCUT2D eigenvalue weighted by Gasteiger charge is 2.26. The molecule has 1 rings (SSSR count). The van der Waals surface area contributed by atoms with Crippen LogP contribution in [-0.4, -0.2) is 29.8 Å². The van der Waals surface area contributed by atoms with E-state index in [0.29, 0.717) is 5.56 Å². The average Bonchev–Trinajstić information content (AvgIpc) is 2.36. The van der Waals surface area contributed by atoms with Crippen LogP contribution in [0.3, 0.4) is 0 Å². The molecule has 6 heteroatoms. The van der Waals surface area contributed by atoms with Crippen LogP contribution in [0.15, 0.2) is 30.3 Å². The van der Waals surface area contributed by atoms with E-state index in [4.69, 9.17) is 5.73 Å². The Bertz CT molecular complexity index is 483. The minimum absolute atomic E-state index is 0.218. The van der Waals surface area contributed by atoms with Crippen molar-refractivity contribution >= 4 is 17.7 Å². The largest absolute Gasteiger partial charge is 0.368 e.